The standard InChI is InChI=1S/C22H14N2O5S/c25-17-10-3-1-8-15(17)22(30)23-19-16-9-2-4-11-18(16)29-21(19)20(26)13-6-5-7-14(12-13)24(27)28/h1-12,25H,(H,23,30). The van der Waals surface area contributed by atoms with Gasteiger partial charge in [-0.15, -0.1) is 0 Å². The van der Waals surface area contributed by atoms with E-state index in [4.69, 9.17) is 16.6 Å². The Labute approximate surface area is 175 Å². The second kappa shape index (κ2) is 7.76. The Kier molecular flexibility index (Phi) is 4.99. The minimum Gasteiger partial charge on any atom is -0.507 e. The molecule has 0 bridgehead atoms. The number of ketones is 1. The molecule has 0 aliphatic heterocycles. The van der Waals surface area contributed by atoms with Gasteiger partial charge in [0.15, 0.2) is 5.76 Å². The molecule has 1 heterocycles. The van der Waals surface area contributed by atoms with Gasteiger partial charge in [-0.25, -0.2) is 0 Å². The minimum absolute atomic E-state index is 0.00522. The number of aromatic hydroxyl groups is 1. The van der Waals surface area contributed by atoms with Crippen molar-refractivity contribution in [2.75, 3.05) is 5.32 Å². The molecule has 148 valence electrons. The number of phenolic OH excluding ortho intramolecular Hbond substituents is 1. The number of para-hydroxylation sites is 2. The Morgan fingerprint density at radius 1 is 1.03 bits per heavy atom. The second-order valence-electron chi connectivity index (χ2n) is 6.41. The average molecular weight is 418 g/mol. The largest absolute Gasteiger partial charge is 0.507 e. The molecule has 7 nitrogen and oxygen atoms in total. The summed E-state index contributed by atoms with van der Waals surface area (Å²) >= 11 is 5.42. The lowest BCUT2D eigenvalue weighted by Gasteiger charge is -2.10. The molecule has 0 aliphatic carbocycles. The number of nitrogens with one attached hydrogen (secondary N) is 1. The van der Waals surface area contributed by atoms with Crippen molar-refractivity contribution < 1.29 is 19.2 Å². The summed E-state index contributed by atoms with van der Waals surface area (Å²) in [6.07, 6.45) is 0. The van der Waals surface area contributed by atoms with E-state index in [1.165, 1.54) is 30.3 Å². The van der Waals surface area contributed by atoms with Gasteiger partial charge >= 0.3 is 0 Å². The Balaban J connectivity index is 1.80. The molecule has 4 rings (SSSR count). The number of nitro benzene ring substituents is 1. The third-order valence-electron chi connectivity index (χ3n) is 4.51. The number of non-ortho nitro benzene ring substituents is 1. The quantitative estimate of drug-likeness (QED) is 0.202. The molecule has 1 aromatic heterocycles. The molecule has 4 aromatic rings. The average Bonchev–Trinajstić information content (AvgIpc) is 3.12. The number of benzene rings is 3. The van der Waals surface area contributed by atoms with Crippen LogP contribution < -0.4 is 5.32 Å². The van der Waals surface area contributed by atoms with Gasteiger partial charge in [0, 0.05) is 23.1 Å². The van der Waals surface area contributed by atoms with E-state index in [9.17, 15) is 20.0 Å². The van der Waals surface area contributed by atoms with Gasteiger partial charge in [-0.05, 0) is 24.3 Å². The molecule has 0 saturated heterocycles. The fourth-order valence-corrected chi connectivity index (χ4v) is 3.34. The predicted octanol–water partition coefficient (Wildman–Crippen LogP) is 5.07. The number of thiocarbonyl (C=S) groups is 1. The van der Waals surface area contributed by atoms with Gasteiger partial charge in [0.2, 0.25) is 5.78 Å². The van der Waals surface area contributed by atoms with Crippen molar-refractivity contribution >= 4 is 45.3 Å². The molecule has 0 spiro atoms. The van der Waals surface area contributed by atoms with Gasteiger partial charge in [0.05, 0.1) is 16.2 Å². The van der Waals surface area contributed by atoms with Gasteiger partial charge in [0.1, 0.15) is 16.3 Å². The van der Waals surface area contributed by atoms with Crippen molar-refractivity contribution in [1.29, 1.82) is 0 Å². The fourth-order valence-electron chi connectivity index (χ4n) is 3.07. The third-order valence-corrected chi connectivity index (χ3v) is 4.83. The zero-order valence-corrected chi connectivity index (χ0v) is 16.2. The van der Waals surface area contributed by atoms with E-state index < -0.39 is 10.7 Å². The highest BCUT2D eigenvalue weighted by molar-refractivity contribution is 7.81. The lowest BCUT2D eigenvalue weighted by molar-refractivity contribution is -0.384. The zero-order valence-electron chi connectivity index (χ0n) is 15.4. The molecule has 0 radical (unpaired) electrons. The highest BCUT2D eigenvalue weighted by atomic mass is 32.1. The first-order valence-electron chi connectivity index (χ1n) is 8.85. The summed E-state index contributed by atoms with van der Waals surface area (Å²) in [4.78, 5) is 23.9. The van der Waals surface area contributed by atoms with Crippen LogP contribution in [0.4, 0.5) is 11.4 Å². The Morgan fingerprint density at radius 2 is 1.77 bits per heavy atom. The maximum atomic E-state index is 13.1. The normalized spacial score (nSPS) is 10.7. The van der Waals surface area contributed by atoms with Crippen molar-refractivity contribution in [2.45, 2.75) is 0 Å². The third kappa shape index (κ3) is 3.51. The first-order valence-corrected chi connectivity index (χ1v) is 9.26. The monoisotopic (exact) mass is 418 g/mol. The van der Waals surface area contributed by atoms with E-state index in [0.29, 0.717) is 22.2 Å². The highest BCUT2D eigenvalue weighted by Gasteiger charge is 2.24. The number of nitro groups is 1. The predicted molar refractivity (Wildman–Crippen MR) is 116 cm³/mol. The Bertz CT molecular complexity index is 1310. The summed E-state index contributed by atoms with van der Waals surface area (Å²) in [5.74, 6) is -0.568. The number of carbonyl (C=O) groups is 1. The number of carbonyl (C=O) groups excluding carboxylic acids is 1. The van der Waals surface area contributed by atoms with Gasteiger partial charge in [0.25, 0.3) is 5.69 Å². The Hall–Kier alpha value is -4.04. The summed E-state index contributed by atoms with van der Waals surface area (Å²) in [5.41, 5.74) is 1.09. The van der Waals surface area contributed by atoms with E-state index in [1.807, 2.05) is 0 Å². The number of hydrogen-bond acceptors (Lipinski definition) is 6. The van der Waals surface area contributed by atoms with Crippen molar-refractivity contribution in [3.8, 4) is 5.75 Å². The molecular formula is C22H14N2O5S. The molecular weight excluding hydrogens is 404 g/mol. The van der Waals surface area contributed by atoms with Crippen LogP contribution in [0.3, 0.4) is 0 Å². The van der Waals surface area contributed by atoms with E-state index in [0.717, 1.165) is 0 Å². The molecule has 30 heavy (non-hydrogen) atoms. The molecule has 3 aromatic carbocycles. The Morgan fingerprint density at radius 3 is 2.53 bits per heavy atom. The SMILES string of the molecule is O=C(c1cccc([N+](=O)[O-])c1)c1oc2ccccc2c1NC(=S)c1ccccc1O. The number of fused-ring (bicyclic) bond motifs is 1. The smallest absolute Gasteiger partial charge is 0.270 e. The molecule has 0 unspecified atom stereocenters. The van der Waals surface area contributed by atoms with Crippen molar-refractivity contribution in [3.05, 3.63) is 99.8 Å². The van der Waals surface area contributed by atoms with Gasteiger partial charge < -0.3 is 14.8 Å². The number of rotatable bonds is 5. The molecule has 8 heteroatoms. The molecule has 2 N–H and O–H groups in total. The minimum atomic E-state index is -0.568. The van der Waals surface area contributed by atoms with E-state index >= 15 is 0 Å². The molecule has 0 amide bonds. The first kappa shape index (κ1) is 19.3. The van der Waals surface area contributed by atoms with E-state index in [2.05, 4.69) is 5.32 Å². The van der Waals surface area contributed by atoms with Crippen molar-refractivity contribution in [3.63, 3.8) is 0 Å². The highest BCUT2D eigenvalue weighted by Crippen LogP contribution is 2.34. The van der Waals surface area contributed by atoms with Crippen molar-refractivity contribution in [2.24, 2.45) is 0 Å². The van der Waals surface area contributed by atoms with E-state index in [1.54, 1.807) is 42.5 Å². The number of furan rings is 1. The number of nitrogens with zero attached hydrogens (tertiary/aromatic N) is 1. The van der Waals surface area contributed by atoms with Crippen LogP contribution >= 0.6 is 12.2 Å². The summed E-state index contributed by atoms with van der Waals surface area (Å²) in [6, 6.07) is 19.0. The number of hydrogen-bond donors (Lipinski definition) is 2. The lowest BCUT2D eigenvalue weighted by Crippen LogP contribution is -2.13. The van der Waals surface area contributed by atoms with Crippen LogP contribution in [0.5, 0.6) is 5.75 Å². The van der Waals surface area contributed by atoms with Crippen LogP contribution in [0.15, 0.2) is 77.2 Å². The molecule has 0 saturated carbocycles. The second-order valence-corrected chi connectivity index (χ2v) is 6.82. The van der Waals surface area contributed by atoms with Crippen molar-refractivity contribution in [1.82, 2.24) is 0 Å². The van der Waals surface area contributed by atoms with Crippen LogP contribution in [0, 0.1) is 10.1 Å². The summed E-state index contributed by atoms with van der Waals surface area (Å²) in [7, 11) is 0. The summed E-state index contributed by atoms with van der Waals surface area (Å²) in [5, 5.41) is 24.8. The molecule has 0 aliphatic rings. The number of anilines is 1. The van der Waals surface area contributed by atoms with Crippen LogP contribution in [0.2, 0.25) is 0 Å². The van der Waals surface area contributed by atoms with Crippen LogP contribution in [0.1, 0.15) is 21.7 Å². The maximum Gasteiger partial charge on any atom is 0.270 e. The van der Waals surface area contributed by atoms with Crippen LogP contribution in [-0.4, -0.2) is 20.8 Å². The molecule has 0 fully saturated rings. The number of phenols is 1. The maximum absolute atomic E-state index is 13.1. The zero-order chi connectivity index (χ0) is 21.3. The summed E-state index contributed by atoms with van der Waals surface area (Å²) in [6.45, 7) is 0. The first-order chi connectivity index (χ1) is 14.5. The van der Waals surface area contributed by atoms with Gasteiger partial charge in [-0.2, -0.15) is 0 Å². The summed E-state index contributed by atoms with van der Waals surface area (Å²) < 4.78 is 5.78. The van der Waals surface area contributed by atoms with Crippen LogP contribution in [0.25, 0.3) is 11.0 Å². The fraction of sp³-hybridized carbons (Fsp3) is 0. The van der Waals surface area contributed by atoms with Gasteiger partial charge in [-0.3, -0.25) is 14.9 Å². The molecule has 0 atom stereocenters. The lowest BCUT2D eigenvalue weighted by atomic mass is 10.1. The topological polar surface area (TPSA) is 106 Å². The van der Waals surface area contributed by atoms with E-state index in [-0.39, 0.29) is 27.7 Å². The van der Waals surface area contributed by atoms with Crippen LogP contribution in [-0.2, 0) is 0 Å². The van der Waals surface area contributed by atoms with Gasteiger partial charge in [-0.1, -0.05) is 48.6 Å².